The second-order valence-corrected chi connectivity index (χ2v) is 62.1. The minimum atomic E-state index is -2.26. The van der Waals surface area contributed by atoms with E-state index in [0.717, 1.165) is 0 Å². The Morgan fingerprint density at radius 3 is 0.969 bits per heavy atom. The van der Waals surface area contributed by atoms with Crippen molar-refractivity contribution in [1.82, 2.24) is 0 Å². The van der Waals surface area contributed by atoms with Gasteiger partial charge >= 0.3 is 0 Å². The molecule has 0 spiro atoms. The van der Waals surface area contributed by atoms with Crippen molar-refractivity contribution >= 4 is 153 Å². The molecule has 0 unspecified atom stereocenters. The molecule has 6 aliphatic rings. The minimum Gasteiger partial charge on any atom is -0.456 e. The summed E-state index contributed by atoms with van der Waals surface area (Å²) < 4.78 is 67.3. The maximum atomic E-state index is 7.91. The zero-order valence-corrected chi connectivity index (χ0v) is 84.2. The van der Waals surface area contributed by atoms with Crippen LogP contribution in [0, 0.1) is 41.5 Å². The zero-order chi connectivity index (χ0) is 98.1. The molecule has 0 N–H and O–H groups in total. The highest BCUT2D eigenvalue weighted by molar-refractivity contribution is 7.23. The molecule has 25 rings (SSSR count). The lowest BCUT2D eigenvalue weighted by atomic mass is 10.0. The molecule has 0 amide bonds. The molecule has 0 aliphatic carbocycles. The van der Waals surface area contributed by atoms with Gasteiger partial charge in [-0.1, -0.05) is 501 Å². The molecule has 18 aromatic carbocycles. The summed E-state index contributed by atoms with van der Waals surface area (Å²) in [5, 5.41) is 24.7. The van der Waals surface area contributed by atoms with Crippen LogP contribution in [0.3, 0.4) is 0 Å². The first-order valence-electron chi connectivity index (χ1n) is 50.2. The van der Waals surface area contributed by atoms with E-state index in [0.29, 0.717) is 0 Å². The fraction of sp³-hybridized carbons (Fsp3) is 0.129. The van der Waals surface area contributed by atoms with Crippen LogP contribution in [0.15, 0.2) is 429 Å². The van der Waals surface area contributed by atoms with Crippen LogP contribution in [-0.2, 0) is 0 Å². The molecule has 19 aromatic rings. The standard InChI is InChI=1S/2C25H20Si.4C15H16Si.C12H8O.C2H6/c1-19-11-10-18-24-25(19)22-16-8-9-17-23(22)26(24,20-12-4-2-5-13-20)21-14-6-3-7-15-21;1-19-16-17-25-23(18-19)22-14-8-9-15-24(22)26(25,20-10-4-2-5-11-20)21-12-6-3-7-13-21;1-11-7-6-9-13-12-8-4-5-10-14(12)16(2,3)15(11)13;1-11-7-6-10-14-15(11)12-8-4-5-9-13(12)16(14,2)3;1-11-8-9-15-13(10-11)12-6-4-5-7-14(12)16(15,2)3;1-11-8-9-13-12-6-4-5-7-14(12)16(2,3)15(13)10-11;1-3-7-11-9(5-1)10-6-2-4-8-12(10)13-11;1-2/h2*2-18H,1H3;4*4-10H,1-3H3;1-8H;1-2H3/i;;;;;;1D,2D,3D,4D,5D,6D,7D,8D;. The predicted octanol–water partition coefficient (Wildman–Crippen LogP) is 22.5. The van der Waals surface area contributed by atoms with Crippen molar-refractivity contribution < 1.29 is 15.4 Å². The van der Waals surface area contributed by atoms with E-state index in [1.807, 2.05) is 13.8 Å². The molecule has 0 atom stereocenters. The van der Waals surface area contributed by atoms with Gasteiger partial charge in [0.1, 0.15) is 43.5 Å². The van der Waals surface area contributed by atoms with E-state index in [-0.39, 0.29) is 34.0 Å². The predicted molar refractivity (Wildman–Crippen MR) is 586 cm³/mol. The van der Waals surface area contributed by atoms with Gasteiger partial charge in [0.2, 0.25) is 0 Å². The number of furan rings is 1. The van der Waals surface area contributed by atoms with E-state index in [1.54, 1.807) is 41.5 Å². The molecule has 7 heterocycles. The normalized spacial score (nSPS) is 15.2. The lowest BCUT2D eigenvalue weighted by molar-refractivity contribution is 0.669. The summed E-state index contributed by atoms with van der Waals surface area (Å²) in [4.78, 5) is 0. The van der Waals surface area contributed by atoms with Gasteiger partial charge in [-0.2, -0.15) is 0 Å². The monoisotopic (exact) mass is 1800 g/mol. The highest BCUT2D eigenvalue weighted by Gasteiger charge is 2.51. The molecule has 1 nitrogen and oxygen atoms in total. The van der Waals surface area contributed by atoms with Crippen LogP contribution in [-0.4, -0.2) is 48.4 Å². The molecule has 1 aromatic heterocycles. The van der Waals surface area contributed by atoms with Gasteiger partial charge < -0.3 is 4.42 Å². The number of aryl methyl sites for hydroxylation is 6. The number of para-hydroxylation sites is 2. The molecular weight excluding hydrogens is 1670 g/mol. The zero-order valence-electron chi connectivity index (χ0n) is 86.2. The first-order valence-corrected chi connectivity index (χ1v) is 62.2. The van der Waals surface area contributed by atoms with E-state index >= 15 is 0 Å². The Bertz CT molecular complexity index is 7800. The maximum absolute atomic E-state index is 7.91. The first kappa shape index (κ1) is 79.0. The van der Waals surface area contributed by atoms with Gasteiger partial charge in [0.15, 0.2) is 16.1 Å². The molecular formula is C124H118OSi6. The van der Waals surface area contributed by atoms with Gasteiger partial charge in [-0.3, -0.25) is 0 Å². The average molecular weight is 1800 g/mol. The smallest absolute Gasteiger partial charge is 0.180 e. The van der Waals surface area contributed by atoms with Gasteiger partial charge in [0.25, 0.3) is 0 Å². The van der Waals surface area contributed by atoms with Gasteiger partial charge in [0, 0.05) is 10.8 Å². The van der Waals surface area contributed by atoms with Crippen LogP contribution >= 0.6 is 0 Å². The van der Waals surface area contributed by atoms with Gasteiger partial charge in [-0.05, 0) is 215 Å². The number of rotatable bonds is 4. The Balaban J connectivity index is 0.000000108. The largest absolute Gasteiger partial charge is 0.456 e. The van der Waals surface area contributed by atoms with Crippen molar-refractivity contribution in [3.05, 3.63) is 458 Å². The fourth-order valence-electron chi connectivity index (χ4n) is 22.2. The molecule has 0 bridgehead atoms. The first-order chi connectivity index (χ1) is 66.9. The van der Waals surface area contributed by atoms with Crippen molar-refractivity contribution in [2.45, 2.75) is 108 Å². The second-order valence-electron chi connectivity index (χ2n) is 37.4. The van der Waals surface area contributed by atoms with E-state index in [4.69, 9.17) is 15.4 Å². The quantitative estimate of drug-likeness (QED) is 0.160. The van der Waals surface area contributed by atoms with Gasteiger partial charge in [-0.25, -0.2) is 0 Å². The third-order valence-corrected chi connectivity index (χ3v) is 52.3. The third-order valence-electron chi connectivity index (χ3n) is 28.1. The topological polar surface area (TPSA) is 13.1 Å². The molecule has 7 heteroatoms. The molecule has 131 heavy (non-hydrogen) atoms. The molecule has 0 saturated heterocycles. The van der Waals surface area contributed by atoms with Crippen molar-refractivity contribution in [3.8, 4) is 66.8 Å². The molecule has 0 fully saturated rings. The molecule has 6 aliphatic heterocycles. The lowest BCUT2D eigenvalue weighted by Crippen LogP contribution is -2.72. The Hall–Kier alpha value is -12.9. The van der Waals surface area contributed by atoms with E-state index in [2.05, 4.69) is 470 Å². The van der Waals surface area contributed by atoms with Crippen molar-refractivity contribution in [1.29, 1.82) is 0 Å². The van der Waals surface area contributed by atoms with Crippen molar-refractivity contribution in [3.63, 3.8) is 0 Å². The Morgan fingerprint density at radius 2 is 0.481 bits per heavy atom. The molecule has 644 valence electrons. The van der Waals surface area contributed by atoms with Crippen LogP contribution < -0.4 is 83.0 Å². The third kappa shape index (κ3) is 15.5. The summed E-state index contributed by atoms with van der Waals surface area (Å²) in [5.41, 5.74) is 25.5. The van der Waals surface area contributed by atoms with Crippen molar-refractivity contribution in [2.75, 3.05) is 0 Å². The summed E-state index contributed by atoms with van der Waals surface area (Å²) in [5.74, 6) is 0. The van der Waals surface area contributed by atoms with Gasteiger partial charge in [0.05, 0.1) is 11.0 Å². The van der Waals surface area contributed by atoms with Crippen LogP contribution in [0.25, 0.3) is 88.7 Å². The Labute approximate surface area is 795 Å². The van der Waals surface area contributed by atoms with E-state index in [9.17, 15) is 0 Å². The summed E-state index contributed by atoms with van der Waals surface area (Å²) in [6, 6.07) is 136. The highest BCUT2D eigenvalue weighted by atomic mass is 28.3. The number of hydrogen-bond acceptors (Lipinski definition) is 1. The second kappa shape index (κ2) is 36.4. The van der Waals surface area contributed by atoms with Crippen LogP contribution in [0.4, 0.5) is 0 Å². The average Bonchev–Trinajstić information content (AvgIpc) is 1.54. The molecule has 0 saturated carbocycles. The van der Waals surface area contributed by atoms with Crippen LogP contribution in [0.5, 0.6) is 0 Å². The van der Waals surface area contributed by atoms with E-state index in [1.165, 1.54) is 142 Å². The fourth-order valence-corrected chi connectivity index (χ4v) is 45.6. The maximum Gasteiger partial charge on any atom is 0.180 e. The number of fused-ring (bicyclic) bond motifs is 21. The lowest BCUT2D eigenvalue weighted by Gasteiger charge is -2.31. The Kier molecular flexibility index (Phi) is 22.0. The van der Waals surface area contributed by atoms with Crippen molar-refractivity contribution in [2.24, 2.45) is 0 Å². The van der Waals surface area contributed by atoms with Crippen LogP contribution in [0.2, 0.25) is 52.4 Å². The summed E-state index contributed by atoms with van der Waals surface area (Å²) >= 11 is 0. The number of hydrogen-bond donors (Lipinski definition) is 0. The van der Waals surface area contributed by atoms with Gasteiger partial charge in [-0.15, -0.1) is 0 Å². The van der Waals surface area contributed by atoms with E-state index < -0.39 is 84.7 Å². The molecule has 0 radical (unpaired) electrons. The summed E-state index contributed by atoms with van der Waals surface area (Å²) in [6.07, 6.45) is 0. The highest BCUT2D eigenvalue weighted by Crippen LogP contribution is 2.37. The summed E-state index contributed by atoms with van der Waals surface area (Å²) in [6.45, 7) is 36.9. The Morgan fingerprint density at radius 1 is 0.206 bits per heavy atom. The SMILES string of the molecule is CC.Cc1ccc2c(c1)-c1ccccc1[Si]2(C)C.Cc1ccc2c(c1)-c1ccccc1[Si]2(c1ccccc1)c1ccccc1.Cc1ccc2c(c1)[Si](C)(C)c1ccccc1-2.Cc1cccc2c1-c1ccccc1[Si]2(C)C.Cc1cccc2c1-c1ccccc1[Si]2(c1ccccc1)c1ccccc1.Cc1cccc2c1[Si](C)(C)c1ccccc1-2.[2H]c1c([2H])c([2H])c2c(oc3c([2H])c([2H])c([2H])c([2H])c32)c1[2H]. The van der Waals surface area contributed by atoms with Crippen LogP contribution in [0.1, 0.15) is 58.2 Å². The number of benzene rings is 18. The minimum absolute atomic E-state index is 0.0250. The summed E-state index contributed by atoms with van der Waals surface area (Å²) in [7, 11) is -10.2.